The number of likely N-dealkylation sites (N-methyl/N-ethyl adjacent to an activating group) is 1. The number of aromatic nitrogens is 1. The van der Waals surface area contributed by atoms with Crippen LogP contribution in [0, 0.1) is 0 Å². The van der Waals surface area contributed by atoms with Crippen LogP contribution in [0.25, 0.3) is 0 Å². The predicted octanol–water partition coefficient (Wildman–Crippen LogP) is 2.83. The summed E-state index contributed by atoms with van der Waals surface area (Å²) in [6, 6.07) is 3.36. The number of fused-ring (bicyclic) bond motifs is 1. The van der Waals surface area contributed by atoms with Crippen LogP contribution in [0.3, 0.4) is 0 Å². The summed E-state index contributed by atoms with van der Waals surface area (Å²) in [5.41, 5.74) is 1.96. The fourth-order valence-corrected chi connectivity index (χ4v) is 2.24. The topological polar surface area (TPSA) is 25.4 Å². The lowest BCUT2D eigenvalue weighted by atomic mass is 10.1. The minimum atomic E-state index is -4.37. The molecule has 112 valence electrons. The summed E-state index contributed by atoms with van der Waals surface area (Å²) >= 11 is 0. The van der Waals surface area contributed by atoms with Crippen molar-refractivity contribution in [3.63, 3.8) is 0 Å². The van der Waals surface area contributed by atoms with E-state index >= 15 is 0 Å². The molecule has 1 aromatic heterocycles. The van der Waals surface area contributed by atoms with Gasteiger partial charge in [-0.2, -0.15) is 13.2 Å². The third-order valence-corrected chi connectivity index (χ3v) is 3.61. The molecule has 0 aromatic carbocycles. The highest BCUT2D eigenvalue weighted by molar-refractivity contribution is 5.27. The molecule has 0 N–H and O–H groups in total. The highest BCUT2D eigenvalue weighted by atomic mass is 19.4. The third kappa shape index (κ3) is 3.62. The highest BCUT2D eigenvalue weighted by Crippen LogP contribution is 2.25. The Morgan fingerprint density at radius 3 is 2.65 bits per heavy atom. The molecule has 1 aliphatic rings. The van der Waals surface area contributed by atoms with Gasteiger partial charge in [-0.25, -0.2) is 4.98 Å². The minimum absolute atomic E-state index is 0.0542. The Labute approximate surface area is 116 Å². The van der Waals surface area contributed by atoms with E-state index in [-0.39, 0.29) is 5.88 Å². The van der Waals surface area contributed by atoms with Crippen molar-refractivity contribution in [1.29, 1.82) is 0 Å². The average molecular weight is 288 g/mol. The van der Waals surface area contributed by atoms with Gasteiger partial charge in [-0.05, 0) is 25.5 Å². The number of halogens is 3. The first kappa shape index (κ1) is 15.1. The largest absolute Gasteiger partial charge is 0.465 e. The predicted molar refractivity (Wildman–Crippen MR) is 69.9 cm³/mol. The molecule has 2 rings (SSSR count). The minimum Gasteiger partial charge on any atom is -0.465 e. The molecular formula is C14H19F3N2O. The second kappa shape index (κ2) is 5.99. The standard InChI is InChI=1S/C14H19F3N2O/c1-3-19-8-6-11-4-5-13(18-12(11)7-9-19)20-10(2)14(15,16)17/h4-5,10H,3,6-9H2,1-2H3/t10-/m1/s1. The van der Waals surface area contributed by atoms with Crippen LogP contribution in [0.4, 0.5) is 13.2 Å². The molecule has 0 amide bonds. The van der Waals surface area contributed by atoms with Crippen molar-refractivity contribution in [1.82, 2.24) is 9.88 Å². The number of rotatable bonds is 3. The average Bonchev–Trinajstić information content (AvgIpc) is 2.59. The molecule has 20 heavy (non-hydrogen) atoms. The zero-order chi connectivity index (χ0) is 14.8. The van der Waals surface area contributed by atoms with E-state index < -0.39 is 12.3 Å². The molecule has 0 spiro atoms. The van der Waals surface area contributed by atoms with E-state index in [1.165, 1.54) is 6.07 Å². The van der Waals surface area contributed by atoms with Crippen LogP contribution in [-0.4, -0.2) is 41.8 Å². The van der Waals surface area contributed by atoms with Gasteiger partial charge in [0.2, 0.25) is 5.88 Å². The first-order chi connectivity index (χ1) is 9.40. The van der Waals surface area contributed by atoms with Crippen molar-refractivity contribution in [2.75, 3.05) is 19.6 Å². The molecule has 1 aliphatic heterocycles. The van der Waals surface area contributed by atoms with Gasteiger partial charge < -0.3 is 9.64 Å². The first-order valence-corrected chi connectivity index (χ1v) is 6.84. The number of nitrogens with zero attached hydrogens (tertiary/aromatic N) is 2. The van der Waals surface area contributed by atoms with E-state index in [1.54, 1.807) is 0 Å². The SMILES string of the molecule is CCN1CCc2ccc(O[C@H](C)C(F)(F)F)nc2CC1. The number of hydrogen-bond donors (Lipinski definition) is 0. The molecule has 0 radical (unpaired) electrons. The van der Waals surface area contributed by atoms with Crippen LogP contribution < -0.4 is 4.74 Å². The van der Waals surface area contributed by atoms with Crippen LogP contribution >= 0.6 is 0 Å². The van der Waals surface area contributed by atoms with Crippen LogP contribution in [-0.2, 0) is 12.8 Å². The Kier molecular flexibility index (Phi) is 4.52. The zero-order valence-corrected chi connectivity index (χ0v) is 11.7. The van der Waals surface area contributed by atoms with Gasteiger partial charge in [0.15, 0.2) is 6.10 Å². The summed E-state index contributed by atoms with van der Waals surface area (Å²) in [7, 11) is 0. The van der Waals surface area contributed by atoms with Gasteiger partial charge in [0.1, 0.15) is 0 Å². The van der Waals surface area contributed by atoms with E-state index in [4.69, 9.17) is 4.74 Å². The summed E-state index contributed by atoms with van der Waals surface area (Å²) in [6.45, 7) is 5.91. The molecule has 0 bridgehead atoms. The normalized spacial score (nSPS) is 18.2. The molecule has 0 fully saturated rings. The number of pyridine rings is 1. The van der Waals surface area contributed by atoms with Gasteiger partial charge in [0.05, 0.1) is 0 Å². The maximum absolute atomic E-state index is 12.5. The fourth-order valence-electron chi connectivity index (χ4n) is 2.24. The van der Waals surface area contributed by atoms with Crippen LogP contribution in [0.15, 0.2) is 12.1 Å². The lowest BCUT2D eigenvalue weighted by molar-refractivity contribution is -0.190. The summed E-state index contributed by atoms with van der Waals surface area (Å²) in [6.07, 6.45) is -4.58. The zero-order valence-electron chi connectivity index (χ0n) is 11.7. The Morgan fingerprint density at radius 2 is 2.00 bits per heavy atom. The Hall–Kier alpha value is -1.30. The second-order valence-corrected chi connectivity index (χ2v) is 4.99. The number of hydrogen-bond acceptors (Lipinski definition) is 3. The number of alkyl halides is 3. The first-order valence-electron chi connectivity index (χ1n) is 6.84. The summed E-state index contributed by atoms with van der Waals surface area (Å²) < 4.78 is 42.3. The lowest BCUT2D eigenvalue weighted by Gasteiger charge is -2.17. The molecule has 0 saturated heterocycles. The third-order valence-electron chi connectivity index (χ3n) is 3.61. The summed E-state index contributed by atoms with van der Waals surface area (Å²) in [4.78, 5) is 6.55. The molecule has 0 unspecified atom stereocenters. The van der Waals surface area contributed by atoms with Gasteiger partial charge in [0.25, 0.3) is 0 Å². The van der Waals surface area contributed by atoms with Gasteiger partial charge in [-0.15, -0.1) is 0 Å². The van der Waals surface area contributed by atoms with Gasteiger partial charge >= 0.3 is 6.18 Å². The van der Waals surface area contributed by atoms with Gasteiger partial charge in [0, 0.05) is 31.3 Å². The molecule has 0 saturated carbocycles. The number of ether oxygens (including phenoxy) is 1. The van der Waals surface area contributed by atoms with Crippen molar-refractivity contribution in [2.24, 2.45) is 0 Å². The molecule has 3 nitrogen and oxygen atoms in total. The van der Waals surface area contributed by atoms with Crippen LogP contribution in [0.1, 0.15) is 25.1 Å². The highest BCUT2D eigenvalue weighted by Gasteiger charge is 2.38. The van der Waals surface area contributed by atoms with E-state index in [0.717, 1.165) is 50.7 Å². The molecule has 2 heterocycles. The van der Waals surface area contributed by atoms with E-state index in [9.17, 15) is 13.2 Å². The van der Waals surface area contributed by atoms with Crippen LogP contribution in [0.5, 0.6) is 5.88 Å². The Morgan fingerprint density at radius 1 is 1.30 bits per heavy atom. The fraction of sp³-hybridized carbons (Fsp3) is 0.643. The second-order valence-electron chi connectivity index (χ2n) is 4.99. The van der Waals surface area contributed by atoms with Crippen molar-refractivity contribution in [3.8, 4) is 5.88 Å². The maximum Gasteiger partial charge on any atom is 0.425 e. The Bertz CT molecular complexity index is 462. The maximum atomic E-state index is 12.5. The van der Waals surface area contributed by atoms with E-state index in [0.29, 0.717) is 0 Å². The van der Waals surface area contributed by atoms with E-state index in [1.807, 2.05) is 6.07 Å². The summed E-state index contributed by atoms with van der Waals surface area (Å²) in [5, 5.41) is 0. The molecule has 1 atom stereocenters. The lowest BCUT2D eigenvalue weighted by Crippen LogP contribution is -2.31. The molecular weight excluding hydrogens is 269 g/mol. The van der Waals surface area contributed by atoms with Crippen molar-refractivity contribution in [3.05, 3.63) is 23.4 Å². The van der Waals surface area contributed by atoms with Crippen molar-refractivity contribution in [2.45, 2.75) is 39.0 Å². The summed E-state index contributed by atoms with van der Waals surface area (Å²) in [5.74, 6) is 0.0542. The molecule has 0 aliphatic carbocycles. The van der Waals surface area contributed by atoms with E-state index in [2.05, 4.69) is 16.8 Å². The molecule has 6 heteroatoms. The van der Waals surface area contributed by atoms with Gasteiger partial charge in [-0.1, -0.05) is 13.0 Å². The molecule has 1 aromatic rings. The van der Waals surface area contributed by atoms with Gasteiger partial charge in [-0.3, -0.25) is 0 Å². The smallest absolute Gasteiger partial charge is 0.425 e. The van der Waals surface area contributed by atoms with Crippen LogP contribution in [0.2, 0.25) is 0 Å². The monoisotopic (exact) mass is 288 g/mol. The van der Waals surface area contributed by atoms with Crippen molar-refractivity contribution >= 4 is 0 Å². The van der Waals surface area contributed by atoms with Crippen molar-refractivity contribution < 1.29 is 17.9 Å². The Balaban J connectivity index is 2.11. The quantitative estimate of drug-likeness (QED) is 0.855.